The van der Waals surface area contributed by atoms with Crippen molar-refractivity contribution in [2.24, 2.45) is 0 Å². The molecule has 0 amide bonds. The van der Waals surface area contributed by atoms with E-state index in [1.807, 2.05) is 0 Å². The first-order valence-corrected chi connectivity index (χ1v) is 5.50. The summed E-state index contributed by atoms with van der Waals surface area (Å²) in [6, 6.07) is 0. The van der Waals surface area contributed by atoms with Gasteiger partial charge < -0.3 is 0 Å². The van der Waals surface area contributed by atoms with Gasteiger partial charge in [-0.15, -0.1) is 0 Å². The van der Waals surface area contributed by atoms with Gasteiger partial charge >= 0.3 is 59.1 Å². The van der Waals surface area contributed by atoms with E-state index in [9.17, 15) is 0 Å². The Labute approximate surface area is 79.9 Å². The van der Waals surface area contributed by atoms with Crippen LogP contribution in [-0.2, 0) is 63.5 Å². The van der Waals surface area contributed by atoms with Crippen molar-refractivity contribution in [3.8, 4) is 0 Å². The molecule has 0 heterocycles. The molecule has 0 aliphatic carbocycles. The topological polar surface area (TPSA) is 161 Å². The van der Waals surface area contributed by atoms with Crippen molar-refractivity contribution < 1.29 is 80.1 Å². The second kappa shape index (κ2) is 6.32. The summed E-state index contributed by atoms with van der Waals surface area (Å²) < 4.78 is 68.8. The molecule has 0 unspecified atom stereocenters. The fourth-order valence-corrected chi connectivity index (χ4v) is 0. The molecule has 0 aromatic heterocycles. The smallest absolute Gasteiger partial charge is 0 e. The normalized spacial score (nSPS) is 10.5. The minimum Gasteiger partial charge on any atom is 0 e. The van der Waals surface area contributed by atoms with Gasteiger partial charge in [-0.1, -0.05) is 0 Å². The first kappa shape index (κ1) is 17.8. The molecule has 0 spiro atoms. The molecule has 0 saturated carbocycles. The van der Waals surface area contributed by atoms with E-state index in [2.05, 4.69) is 0 Å². The Balaban J connectivity index is -0.000000107. The molecule has 11 heteroatoms. The van der Waals surface area contributed by atoms with Crippen molar-refractivity contribution in [1.82, 2.24) is 0 Å². The fraction of sp³-hybridized carbons (Fsp3) is 0. The molecule has 0 atom stereocenters. The number of rotatable bonds is 0. The number of hydrogen-bond acceptors (Lipinski definition) is 8. The molecule has 0 aliphatic rings. The molecule has 0 aliphatic heterocycles. The monoisotopic (exact) mass is 416 g/mol. The van der Waals surface area contributed by atoms with Gasteiger partial charge in [-0.2, -0.15) is 0 Å². The molecule has 0 fully saturated rings. The van der Waals surface area contributed by atoms with Gasteiger partial charge in [0.25, 0.3) is 0 Å². The van der Waals surface area contributed by atoms with Crippen molar-refractivity contribution >= 4 is 0 Å². The standard InChI is InChI=1S/2Cr.8O.W/q;;;;;;4*-1;. The molecule has 70 valence electrons. The summed E-state index contributed by atoms with van der Waals surface area (Å²) in [6.45, 7) is 0. The molecule has 0 rings (SSSR count). The van der Waals surface area contributed by atoms with Crippen LogP contribution in [0.1, 0.15) is 0 Å². The zero-order valence-corrected chi connectivity index (χ0v) is 9.97. The van der Waals surface area contributed by atoms with Crippen molar-refractivity contribution in [3.05, 3.63) is 0 Å². The third-order valence-corrected chi connectivity index (χ3v) is 0. The van der Waals surface area contributed by atoms with E-state index in [1.165, 1.54) is 0 Å². The molecular formula is Cr2O8W-4. The molecule has 8 nitrogen and oxygen atoms in total. The van der Waals surface area contributed by atoms with Crippen molar-refractivity contribution in [2.75, 3.05) is 0 Å². The first-order valence-electron chi connectivity index (χ1n) is 1.33. The van der Waals surface area contributed by atoms with E-state index < -0.39 is 27.2 Å². The Kier molecular flexibility index (Phi) is 10.2. The summed E-state index contributed by atoms with van der Waals surface area (Å²) in [7, 11) is 0. The average Bonchev–Trinajstić information content (AvgIpc) is 1.12. The van der Waals surface area contributed by atoms with Gasteiger partial charge in [-0.3, -0.25) is 0 Å². The number of hydrogen-bond donors (Lipinski definition) is 0. The van der Waals surface area contributed by atoms with E-state index in [4.69, 9.17) is 31.8 Å². The zero-order chi connectivity index (χ0) is 9.00. The average molecular weight is 416 g/mol. The molecule has 0 N–H and O–H groups in total. The van der Waals surface area contributed by atoms with Gasteiger partial charge in [0.05, 0.1) is 0 Å². The quantitative estimate of drug-likeness (QED) is 0.379. The van der Waals surface area contributed by atoms with Crippen LogP contribution in [0.3, 0.4) is 0 Å². The van der Waals surface area contributed by atoms with Crippen LogP contribution >= 0.6 is 0 Å². The van der Waals surface area contributed by atoms with Gasteiger partial charge in [0, 0.05) is 21.1 Å². The van der Waals surface area contributed by atoms with Crippen LogP contribution in [0.2, 0.25) is 0 Å². The van der Waals surface area contributed by atoms with Crippen LogP contribution in [-0.4, -0.2) is 0 Å². The molecular weight excluding hydrogens is 416 g/mol. The molecule has 0 saturated heterocycles. The van der Waals surface area contributed by atoms with E-state index in [1.54, 1.807) is 0 Å². The minimum absolute atomic E-state index is 0. The Morgan fingerprint density at radius 2 is 0.636 bits per heavy atom. The van der Waals surface area contributed by atoms with Gasteiger partial charge in [0.2, 0.25) is 0 Å². The molecule has 0 radical (unpaired) electrons. The van der Waals surface area contributed by atoms with Gasteiger partial charge in [-0.25, -0.2) is 0 Å². The van der Waals surface area contributed by atoms with Crippen LogP contribution in [0.15, 0.2) is 0 Å². The molecule has 0 aromatic rings. The Bertz CT molecular complexity index is 208. The third-order valence-electron chi connectivity index (χ3n) is 0. The zero-order valence-electron chi connectivity index (χ0n) is 4.49. The molecule has 0 aromatic carbocycles. The van der Waals surface area contributed by atoms with Crippen LogP contribution in [0, 0.1) is 0 Å². The minimum atomic E-state index is -5.75. The summed E-state index contributed by atoms with van der Waals surface area (Å²) in [4.78, 5) is 0. The maximum Gasteiger partial charge on any atom is 0 e. The molecule has 0 bridgehead atoms. The Hall–Kier alpha value is 0.793. The van der Waals surface area contributed by atoms with E-state index in [0.29, 0.717) is 0 Å². The molecule has 11 heavy (non-hydrogen) atoms. The van der Waals surface area contributed by atoms with Crippen LogP contribution < -0.4 is 16.6 Å². The third kappa shape index (κ3) is 1330. The van der Waals surface area contributed by atoms with Crippen LogP contribution in [0.5, 0.6) is 0 Å². The van der Waals surface area contributed by atoms with Gasteiger partial charge in [0.1, 0.15) is 0 Å². The van der Waals surface area contributed by atoms with Crippen LogP contribution in [0.4, 0.5) is 0 Å². The summed E-state index contributed by atoms with van der Waals surface area (Å²) in [5, 5.41) is 0. The van der Waals surface area contributed by atoms with E-state index >= 15 is 0 Å². The second-order valence-corrected chi connectivity index (χ2v) is 3.37. The summed E-state index contributed by atoms with van der Waals surface area (Å²) in [5.74, 6) is 0. The summed E-state index contributed by atoms with van der Waals surface area (Å²) in [6.07, 6.45) is 0. The fourth-order valence-electron chi connectivity index (χ4n) is 0. The Morgan fingerprint density at radius 1 is 0.636 bits per heavy atom. The van der Waals surface area contributed by atoms with Crippen LogP contribution in [0.25, 0.3) is 0 Å². The van der Waals surface area contributed by atoms with E-state index in [0.717, 1.165) is 0 Å². The van der Waals surface area contributed by atoms with E-state index in [-0.39, 0.29) is 21.1 Å². The predicted molar refractivity (Wildman–Crippen MR) is 2.75 cm³/mol. The Morgan fingerprint density at radius 3 is 0.636 bits per heavy atom. The largest absolute Gasteiger partial charge is 0 e. The van der Waals surface area contributed by atoms with Crippen molar-refractivity contribution in [2.45, 2.75) is 0 Å². The van der Waals surface area contributed by atoms with Gasteiger partial charge in [0.15, 0.2) is 0 Å². The maximum absolute atomic E-state index is 8.59. The summed E-state index contributed by atoms with van der Waals surface area (Å²) in [5.41, 5.74) is 0. The second-order valence-electron chi connectivity index (χ2n) is 0.816. The van der Waals surface area contributed by atoms with Crippen molar-refractivity contribution in [3.63, 3.8) is 0 Å². The maximum atomic E-state index is 8.59. The van der Waals surface area contributed by atoms with Gasteiger partial charge in [-0.05, 0) is 0 Å². The van der Waals surface area contributed by atoms with Crippen molar-refractivity contribution in [1.29, 1.82) is 0 Å². The first-order chi connectivity index (χ1) is 4.00. The SMILES string of the molecule is [O]=[Cr](=[O])([O-])[O-].[O]=[Cr](=[O])([O-])[O-].[W]. The predicted octanol–water partition coefficient (Wildman–Crippen LogP) is -5.24. The summed E-state index contributed by atoms with van der Waals surface area (Å²) >= 11 is -11.5.